The van der Waals surface area contributed by atoms with Crippen LogP contribution in [0, 0.1) is 0 Å². The maximum Gasteiger partial charge on any atom is 0.304 e. The summed E-state index contributed by atoms with van der Waals surface area (Å²) in [6.45, 7) is 5.83. The van der Waals surface area contributed by atoms with Gasteiger partial charge < -0.3 is 10.2 Å². The molecule has 1 atom stereocenters. The molecule has 0 aromatic carbocycles. The van der Waals surface area contributed by atoms with Gasteiger partial charge in [-0.3, -0.25) is 9.69 Å². The molecular weight excluding hydrogens is 254 g/mol. The average Bonchev–Trinajstić information content (AvgIpc) is 2.43. The summed E-state index contributed by atoms with van der Waals surface area (Å²) in [5.74, 6) is -0.762. The lowest BCUT2D eigenvalue weighted by molar-refractivity contribution is -0.137. The maximum atomic E-state index is 10.7. The van der Waals surface area contributed by atoms with Crippen molar-refractivity contribution in [3.8, 4) is 0 Å². The number of carboxylic acids is 1. The fraction of sp³-hybridized carbons (Fsp3) is 0.938. The SMILES string of the molecule is CCCCCCCCCN(CCC(=O)O)C(CC)CO. The Labute approximate surface area is 124 Å². The molecule has 0 aliphatic heterocycles. The summed E-state index contributed by atoms with van der Waals surface area (Å²) < 4.78 is 0. The third-order valence-corrected chi connectivity index (χ3v) is 3.86. The number of carbonyl (C=O) groups is 1. The van der Waals surface area contributed by atoms with E-state index in [0.29, 0.717) is 6.54 Å². The van der Waals surface area contributed by atoms with E-state index in [9.17, 15) is 9.90 Å². The third kappa shape index (κ3) is 10.2. The average molecular weight is 287 g/mol. The van der Waals surface area contributed by atoms with Gasteiger partial charge in [0.2, 0.25) is 0 Å². The summed E-state index contributed by atoms with van der Waals surface area (Å²) in [7, 11) is 0. The molecule has 4 nitrogen and oxygen atoms in total. The number of rotatable bonds is 14. The number of unbranched alkanes of at least 4 members (excludes halogenated alkanes) is 6. The second kappa shape index (κ2) is 13.4. The second-order valence-corrected chi connectivity index (χ2v) is 5.55. The van der Waals surface area contributed by atoms with Gasteiger partial charge in [0.15, 0.2) is 0 Å². The summed E-state index contributed by atoms with van der Waals surface area (Å²) in [6.07, 6.45) is 9.83. The smallest absolute Gasteiger partial charge is 0.304 e. The summed E-state index contributed by atoms with van der Waals surface area (Å²) >= 11 is 0. The molecule has 0 heterocycles. The first kappa shape index (κ1) is 19.4. The highest BCUT2D eigenvalue weighted by atomic mass is 16.4. The van der Waals surface area contributed by atoms with Crippen LogP contribution in [0.5, 0.6) is 0 Å². The lowest BCUT2D eigenvalue weighted by Gasteiger charge is -2.29. The lowest BCUT2D eigenvalue weighted by Crippen LogP contribution is -2.39. The van der Waals surface area contributed by atoms with E-state index in [1.165, 1.54) is 38.5 Å². The Morgan fingerprint density at radius 3 is 2.10 bits per heavy atom. The molecule has 0 aromatic rings. The minimum atomic E-state index is -0.762. The maximum absolute atomic E-state index is 10.7. The van der Waals surface area contributed by atoms with Gasteiger partial charge in [-0.15, -0.1) is 0 Å². The van der Waals surface area contributed by atoms with Crippen molar-refractivity contribution in [3.63, 3.8) is 0 Å². The van der Waals surface area contributed by atoms with Gasteiger partial charge in [0, 0.05) is 12.6 Å². The number of nitrogens with zero attached hydrogens (tertiary/aromatic N) is 1. The van der Waals surface area contributed by atoms with Gasteiger partial charge in [0.25, 0.3) is 0 Å². The first-order valence-electron chi connectivity index (χ1n) is 8.22. The van der Waals surface area contributed by atoms with Crippen LogP contribution in [-0.4, -0.2) is 46.8 Å². The molecule has 1 unspecified atom stereocenters. The van der Waals surface area contributed by atoms with Crippen molar-refractivity contribution < 1.29 is 15.0 Å². The molecule has 0 rings (SSSR count). The predicted molar refractivity (Wildman–Crippen MR) is 83.0 cm³/mol. The van der Waals surface area contributed by atoms with E-state index >= 15 is 0 Å². The summed E-state index contributed by atoms with van der Waals surface area (Å²) in [5, 5.41) is 18.2. The van der Waals surface area contributed by atoms with Gasteiger partial charge in [-0.25, -0.2) is 0 Å². The van der Waals surface area contributed by atoms with Gasteiger partial charge in [-0.1, -0.05) is 52.4 Å². The zero-order chi connectivity index (χ0) is 15.2. The molecule has 0 bridgehead atoms. The van der Waals surface area contributed by atoms with E-state index in [-0.39, 0.29) is 19.1 Å². The topological polar surface area (TPSA) is 60.8 Å². The van der Waals surface area contributed by atoms with Gasteiger partial charge >= 0.3 is 5.97 Å². The Hall–Kier alpha value is -0.610. The Kier molecular flexibility index (Phi) is 13.0. The first-order chi connectivity index (χ1) is 9.65. The molecule has 0 saturated heterocycles. The molecule has 2 N–H and O–H groups in total. The van der Waals surface area contributed by atoms with Crippen LogP contribution in [-0.2, 0) is 4.79 Å². The molecule has 0 saturated carbocycles. The highest BCUT2D eigenvalue weighted by Gasteiger charge is 2.16. The van der Waals surface area contributed by atoms with Crippen LogP contribution < -0.4 is 0 Å². The number of hydrogen-bond donors (Lipinski definition) is 2. The molecular formula is C16H33NO3. The largest absolute Gasteiger partial charge is 0.481 e. The van der Waals surface area contributed by atoms with Crippen molar-refractivity contribution in [2.75, 3.05) is 19.7 Å². The molecule has 0 aliphatic rings. The lowest BCUT2D eigenvalue weighted by atomic mass is 10.1. The Bertz CT molecular complexity index is 230. The molecule has 0 aliphatic carbocycles. The summed E-state index contributed by atoms with van der Waals surface area (Å²) in [6, 6.07) is 0.106. The van der Waals surface area contributed by atoms with Gasteiger partial charge in [-0.05, 0) is 19.4 Å². The summed E-state index contributed by atoms with van der Waals surface area (Å²) in [4.78, 5) is 12.8. The number of hydrogen-bond acceptors (Lipinski definition) is 3. The number of aliphatic carboxylic acids is 1. The zero-order valence-corrected chi connectivity index (χ0v) is 13.3. The van der Waals surface area contributed by atoms with Crippen LogP contribution in [0.1, 0.15) is 71.6 Å². The number of carboxylic acid groups (broad SMARTS) is 1. The summed E-state index contributed by atoms with van der Waals surface area (Å²) in [5.41, 5.74) is 0. The molecule has 0 aromatic heterocycles. The van der Waals surface area contributed by atoms with Crippen molar-refractivity contribution in [3.05, 3.63) is 0 Å². The van der Waals surface area contributed by atoms with Crippen LogP contribution in [0.25, 0.3) is 0 Å². The van der Waals surface area contributed by atoms with Crippen LogP contribution in [0.2, 0.25) is 0 Å². The Morgan fingerprint density at radius 2 is 1.60 bits per heavy atom. The molecule has 0 spiro atoms. The second-order valence-electron chi connectivity index (χ2n) is 5.55. The van der Waals surface area contributed by atoms with Crippen molar-refractivity contribution in [2.45, 2.75) is 77.7 Å². The standard InChI is InChI=1S/C16H33NO3/c1-3-5-6-7-8-9-10-12-17(13-11-16(19)20)15(4-2)14-18/h15,18H,3-14H2,1-2H3,(H,19,20). The minimum absolute atomic E-state index is 0.106. The van der Waals surface area contributed by atoms with Crippen molar-refractivity contribution in [1.29, 1.82) is 0 Å². The minimum Gasteiger partial charge on any atom is -0.481 e. The first-order valence-corrected chi connectivity index (χ1v) is 8.22. The van der Waals surface area contributed by atoms with Gasteiger partial charge in [0.1, 0.15) is 0 Å². The fourth-order valence-electron chi connectivity index (χ4n) is 2.49. The quantitative estimate of drug-likeness (QED) is 0.481. The molecule has 20 heavy (non-hydrogen) atoms. The molecule has 0 radical (unpaired) electrons. The van der Waals surface area contributed by atoms with E-state index in [0.717, 1.165) is 19.4 Å². The van der Waals surface area contributed by atoms with Crippen molar-refractivity contribution in [2.24, 2.45) is 0 Å². The van der Waals surface area contributed by atoms with E-state index in [1.807, 2.05) is 6.92 Å². The van der Waals surface area contributed by atoms with E-state index in [2.05, 4.69) is 11.8 Å². The van der Waals surface area contributed by atoms with Crippen LogP contribution in [0.4, 0.5) is 0 Å². The Morgan fingerprint density at radius 1 is 1.00 bits per heavy atom. The number of aliphatic hydroxyl groups is 1. The zero-order valence-electron chi connectivity index (χ0n) is 13.3. The van der Waals surface area contributed by atoms with Crippen molar-refractivity contribution >= 4 is 5.97 Å². The van der Waals surface area contributed by atoms with Gasteiger partial charge in [-0.2, -0.15) is 0 Å². The van der Waals surface area contributed by atoms with Crippen LogP contribution >= 0.6 is 0 Å². The number of aliphatic hydroxyl groups excluding tert-OH is 1. The van der Waals surface area contributed by atoms with Gasteiger partial charge in [0.05, 0.1) is 13.0 Å². The van der Waals surface area contributed by atoms with Crippen LogP contribution in [0.3, 0.4) is 0 Å². The normalized spacial score (nSPS) is 12.8. The highest BCUT2D eigenvalue weighted by Crippen LogP contribution is 2.10. The molecule has 0 amide bonds. The van der Waals surface area contributed by atoms with E-state index in [4.69, 9.17) is 5.11 Å². The van der Waals surface area contributed by atoms with E-state index < -0.39 is 5.97 Å². The fourth-order valence-corrected chi connectivity index (χ4v) is 2.49. The van der Waals surface area contributed by atoms with Crippen LogP contribution in [0.15, 0.2) is 0 Å². The predicted octanol–water partition coefficient (Wildman–Crippen LogP) is 3.28. The van der Waals surface area contributed by atoms with E-state index in [1.54, 1.807) is 0 Å². The third-order valence-electron chi connectivity index (χ3n) is 3.86. The Balaban J connectivity index is 3.87. The molecule has 0 fully saturated rings. The van der Waals surface area contributed by atoms with Crippen molar-refractivity contribution in [1.82, 2.24) is 4.90 Å². The molecule has 120 valence electrons. The monoisotopic (exact) mass is 287 g/mol. The highest BCUT2D eigenvalue weighted by molar-refractivity contribution is 5.66. The molecule has 4 heteroatoms.